The van der Waals surface area contributed by atoms with Crippen molar-refractivity contribution in [1.82, 2.24) is 5.32 Å². The number of carboxylic acid groups (broad SMARTS) is 1. The molecular weight excluding hydrogens is 196 g/mol. The second kappa shape index (κ2) is 6.40. The van der Waals surface area contributed by atoms with Crippen molar-refractivity contribution < 1.29 is 14.7 Å². The fourth-order valence-corrected chi connectivity index (χ4v) is 1.15. The van der Waals surface area contributed by atoms with Crippen molar-refractivity contribution in [2.45, 2.75) is 20.8 Å². The summed E-state index contributed by atoms with van der Waals surface area (Å²) >= 11 is 0. The molecule has 5 nitrogen and oxygen atoms in total. The number of aliphatic carboxylic acids is 1. The van der Waals surface area contributed by atoms with E-state index in [2.05, 4.69) is 5.32 Å². The number of carbonyl (C=O) groups is 2. The van der Waals surface area contributed by atoms with Gasteiger partial charge in [0, 0.05) is 13.1 Å². The molecule has 0 fully saturated rings. The zero-order valence-corrected chi connectivity index (χ0v) is 9.49. The molecule has 15 heavy (non-hydrogen) atoms. The van der Waals surface area contributed by atoms with Gasteiger partial charge >= 0.3 is 5.97 Å². The van der Waals surface area contributed by atoms with Crippen LogP contribution >= 0.6 is 0 Å². The molecule has 2 unspecified atom stereocenters. The van der Waals surface area contributed by atoms with Crippen LogP contribution in [0.15, 0.2) is 0 Å². The number of hydrogen-bond donors (Lipinski definition) is 3. The number of nitrogens with one attached hydrogen (secondary N) is 1. The summed E-state index contributed by atoms with van der Waals surface area (Å²) in [5, 5.41) is 11.2. The second-order valence-electron chi connectivity index (χ2n) is 4.07. The lowest BCUT2D eigenvalue weighted by Crippen LogP contribution is -2.40. The van der Waals surface area contributed by atoms with Crippen LogP contribution in [0.5, 0.6) is 0 Å². The molecule has 0 rings (SSSR count). The first-order chi connectivity index (χ1) is 6.90. The molecule has 0 aliphatic rings. The van der Waals surface area contributed by atoms with E-state index in [0.29, 0.717) is 0 Å². The predicted molar refractivity (Wildman–Crippen MR) is 57.2 cm³/mol. The van der Waals surface area contributed by atoms with Crippen LogP contribution in [0.1, 0.15) is 20.8 Å². The smallest absolute Gasteiger partial charge is 0.308 e. The van der Waals surface area contributed by atoms with Gasteiger partial charge in [-0.25, -0.2) is 0 Å². The van der Waals surface area contributed by atoms with E-state index in [1.165, 1.54) is 0 Å². The average molecular weight is 216 g/mol. The number of hydrogen-bond acceptors (Lipinski definition) is 3. The average Bonchev–Trinajstić information content (AvgIpc) is 2.14. The van der Waals surface area contributed by atoms with E-state index in [4.69, 9.17) is 10.8 Å². The zero-order chi connectivity index (χ0) is 12.0. The maximum absolute atomic E-state index is 11.6. The molecule has 0 aliphatic carbocycles. The highest BCUT2D eigenvalue weighted by atomic mass is 16.4. The summed E-state index contributed by atoms with van der Waals surface area (Å²) in [5.74, 6) is -1.73. The Kier molecular flexibility index (Phi) is 5.93. The first-order valence-electron chi connectivity index (χ1n) is 5.10. The van der Waals surface area contributed by atoms with Gasteiger partial charge in [-0.2, -0.15) is 0 Å². The van der Waals surface area contributed by atoms with Gasteiger partial charge in [-0.15, -0.1) is 0 Å². The highest BCUT2D eigenvalue weighted by molar-refractivity contribution is 5.80. The lowest BCUT2D eigenvalue weighted by Gasteiger charge is -2.18. The Morgan fingerprint density at radius 2 is 1.87 bits per heavy atom. The molecule has 0 bridgehead atoms. The summed E-state index contributed by atoms with van der Waals surface area (Å²) in [5.41, 5.74) is 5.46. The van der Waals surface area contributed by atoms with Crippen molar-refractivity contribution in [1.29, 1.82) is 0 Å². The molecule has 0 radical (unpaired) electrons. The molecule has 88 valence electrons. The lowest BCUT2D eigenvalue weighted by molar-refractivity contribution is -0.141. The zero-order valence-electron chi connectivity index (χ0n) is 9.49. The number of nitrogens with two attached hydrogens (primary N) is 1. The van der Waals surface area contributed by atoms with Crippen LogP contribution < -0.4 is 11.1 Å². The first kappa shape index (κ1) is 13.9. The van der Waals surface area contributed by atoms with Crippen LogP contribution in [-0.4, -0.2) is 30.1 Å². The standard InChI is InChI=1S/C10H20N2O3/c1-6(2)8(4-11)9(13)12-5-7(3)10(14)15/h6-8H,4-5,11H2,1-3H3,(H,12,13)(H,14,15). The Bertz CT molecular complexity index is 229. The van der Waals surface area contributed by atoms with Gasteiger partial charge in [0.25, 0.3) is 0 Å². The molecule has 5 heteroatoms. The Hall–Kier alpha value is -1.10. The Morgan fingerprint density at radius 3 is 2.20 bits per heavy atom. The van der Waals surface area contributed by atoms with E-state index in [9.17, 15) is 9.59 Å². The van der Waals surface area contributed by atoms with Crippen LogP contribution in [0.2, 0.25) is 0 Å². The summed E-state index contributed by atoms with van der Waals surface area (Å²) in [4.78, 5) is 22.1. The highest BCUT2D eigenvalue weighted by Crippen LogP contribution is 2.09. The molecule has 2 atom stereocenters. The SMILES string of the molecule is CC(CNC(=O)C(CN)C(C)C)C(=O)O. The van der Waals surface area contributed by atoms with Crippen LogP contribution in [0.25, 0.3) is 0 Å². The summed E-state index contributed by atoms with van der Waals surface area (Å²) in [6.45, 7) is 5.81. The first-order valence-corrected chi connectivity index (χ1v) is 5.10. The topological polar surface area (TPSA) is 92.4 Å². The third kappa shape index (κ3) is 4.78. The van der Waals surface area contributed by atoms with E-state index < -0.39 is 11.9 Å². The van der Waals surface area contributed by atoms with Crippen molar-refractivity contribution in [2.75, 3.05) is 13.1 Å². The molecule has 0 heterocycles. The molecule has 0 aromatic rings. The molecule has 4 N–H and O–H groups in total. The summed E-state index contributed by atoms with van der Waals surface area (Å²) in [6, 6.07) is 0. The van der Waals surface area contributed by atoms with Crippen molar-refractivity contribution >= 4 is 11.9 Å². The van der Waals surface area contributed by atoms with E-state index >= 15 is 0 Å². The second-order valence-corrected chi connectivity index (χ2v) is 4.07. The molecule has 0 aromatic carbocycles. The van der Waals surface area contributed by atoms with Crippen molar-refractivity contribution in [3.8, 4) is 0 Å². The van der Waals surface area contributed by atoms with Crippen LogP contribution in [0.4, 0.5) is 0 Å². The number of rotatable bonds is 6. The maximum Gasteiger partial charge on any atom is 0.308 e. The normalized spacial score (nSPS) is 14.7. The minimum Gasteiger partial charge on any atom is -0.481 e. The van der Waals surface area contributed by atoms with Crippen molar-refractivity contribution in [3.63, 3.8) is 0 Å². The Labute approximate surface area is 90.0 Å². The third-order valence-corrected chi connectivity index (χ3v) is 2.40. The van der Waals surface area contributed by atoms with Crippen LogP contribution in [-0.2, 0) is 9.59 Å². The van der Waals surface area contributed by atoms with E-state index in [1.54, 1.807) is 6.92 Å². The van der Waals surface area contributed by atoms with E-state index in [0.717, 1.165) is 0 Å². The highest BCUT2D eigenvalue weighted by Gasteiger charge is 2.21. The van der Waals surface area contributed by atoms with Gasteiger partial charge in [0.15, 0.2) is 0 Å². The monoisotopic (exact) mass is 216 g/mol. The van der Waals surface area contributed by atoms with Crippen molar-refractivity contribution in [2.24, 2.45) is 23.5 Å². The largest absolute Gasteiger partial charge is 0.481 e. The molecular formula is C10H20N2O3. The third-order valence-electron chi connectivity index (χ3n) is 2.40. The quantitative estimate of drug-likeness (QED) is 0.585. The van der Waals surface area contributed by atoms with Crippen LogP contribution in [0.3, 0.4) is 0 Å². The van der Waals surface area contributed by atoms with Crippen molar-refractivity contribution in [3.05, 3.63) is 0 Å². The molecule has 0 saturated heterocycles. The number of carbonyl (C=O) groups excluding carboxylic acids is 1. The van der Waals surface area contributed by atoms with Gasteiger partial charge in [0.2, 0.25) is 5.91 Å². The molecule has 0 saturated carbocycles. The minimum absolute atomic E-state index is 0.150. The fraction of sp³-hybridized carbons (Fsp3) is 0.800. The Morgan fingerprint density at radius 1 is 1.33 bits per heavy atom. The number of carboxylic acids is 1. The molecule has 0 aliphatic heterocycles. The van der Waals surface area contributed by atoms with Crippen LogP contribution in [0, 0.1) is 17.8 Å². The number of amides is 1. The molecule has 0 aromatic heterocycles. The molecule has 1 amide bonds. The maximum atomic E-state index is 11.6. The molecule has 0 spiro atoms. The fourth-order valence-electron chi connectivity index (χ4n) is 1.15. The minimum atomic E-state index is -0.913. The summed E-state index contributed by atoms with van der Waals surface area (Å²) in [6.07, 6.45) is 0. The van der Waals surface area contributed by atoms with Gasteiger partial charge in [-0.05, 0) is 5.92 Å². The predicted octanol–water partition coefficient (Wildman–Crippen LogP) is 0.0542. The van der Waals surface area contributed by atoms with Gasteiger partial charge in [0.1, 0.15) is 0 Å². The van der Waals surface area contributed by atoms with E-state index in [1.807, 2.05) is 13.8 Å². The summed E-state index contributed by atoms with van der Waals surface area (Å²) in [7, 11) is 0. The van der Waals surface area contributed by atoms with Gasteiger partial charge in [-0.1, -0.05) is 20.8 Å². The van der Waals surface area contributed by atoms with Gasteiger partial charge in [0.05, 0.1) is 11.8 Å². The lowest BCUT2D eigenvalue weighted by atomic mass is 9.95. The Balaban J connectivity index is 4.07. The van der Waals surface area contributed by atoms with E-state index in [-0.39, 0.29) is 30.8 Å². The summed E-state index contributed by atoms with van der Waals surface area (Å²) < 4.78 is 0. The van der Waals surface area contributed by atoms with Gasteiger partial charge in [-0.3, -0.25) is 9.59 Å². The van der Waals surface area contributed by atoms with Gasteiger partial charge < -0.3 is 16.2 Å².